The Hall–Kier alpha value is -2.10. The van der Waals surface area contributed by atoms with Gasteiger partial charge < -0.3 is 21.6 Å². The van der Waals surface area contributed by atoms with E-state index in [9.17, 15) is 4.79 Å². The summed E-state index contributed by atoms with van der Waals surface area (Å²) >= 11 is 0. The van der Waals surface area contributed by atoms with Crippen molar-refractivity contribution in [1.82, 2.24) is 0 Å². The molecular formula is C24H30ClNO2. The number of rotatable bonds is 8. The van der Waals surface area contributed by atoms with E-state index in [1.807, 2.05) is 48.5 Å². The molecule has 3 aromatic carbocycles. The maximum absolute atomic E-state index is 13.0. The monoisotopic (exact) mass is 399 g/mol. The van der Waals surface area contributed by atoms with Gasteiger partial charge in [0.1, 0.15) is 0 Å². The van der Waals surface area contributed by atoms with E-state index in [4.69, 9.17) is 4.74 Å². The predicted octanol–water partition coefficient (Wildman–Crippen LogP) is 2.42. The van der Waals surface area contributed by atoms with E-state index in [2.05, 4.69) is 26.8 Å². The molecule has 28 heavy (non-hydrogen) atoms. The Morgan fingerprint density at radius 3 is 1.86 bits per heavy atom. The molecular weight excluding hydrogens is 370 g/mol. The van der Waals surface area contributed by atoms with E-state index < -0.39 is 0 Å². The number of quaternary nitrogens is 1. The van der Waals surface area contributed by atoms with Gasteiger partial charge in [0.2, 0.25) is 0 Å². The summed E-state index contributed by atoms with van der Waals surface area (Å²) in [4.78, 5) is 13.0. The first-order valence-corrected chi connectivity index (χ1v) is 10.1. The molecule has 0 amide bonds. The van der Waals surface area contributed by atoms with Crippen molar-refractivity contribution in [3.63, 3.8) is 0 Å². The lowest BCUT2D eigenvalue weighted by molar-refractivity contribution is -0.923. The van der Waals surface area contributed by atoms with Crippen LogP contribution in [-0.4, -0.2) is 43.2 Å². The number of nitrogens with zero attached hydrogens (tertiary/aromatic N) is 1. The zero-order chi connectivity index (χ0) is 19.3. The minimum atomic E-state index is -0.217. The van der Waals surface area contributed by atoms with Gasteiger partial charge in [0.25, 0.3) is 0 Å². The quantitative estimate of drug-likeness (QED) is 0.252. The number of carbonyl (C=O) groups is 1. The Morgan fingerprint density at radius 1 is 0.857 bits per heavy atom. The number of fused-ring (bicyclic) bond motifs is 2. The first kappa shape index (κ1) is 22.2. The van der Waals surface area contributed by atoms with Gasteiger partial charge in [-0.2, -0.15) is 0 Å². The molecule has 3 rings (SSSR count). The first-order chi connectivity index (χ1) is 13.1. The molecule has 150 valence electrons. The van der Waals surface area contributed by atoms with Crippen LogP contribution in [0.15, 0.2) is 54.6 Å². The van der Waals surface area contributed by atoms with E-state index in [0.717, 1.165) is 58.6 Å². The summed E-state index contributed by atoms with van der Waals surface area (Å²) in [5.41, 5.74) is 0.686. The summed E-state index contributed by atoms with van der Waals surface area (Å²) < 4.78 is 6.80. The second-order valence-electron chi connectivity index (χ2n) is 7.20. The summed E-state index contributed by atoms with van der Waals surface area (Å²) in [6.45, 7) is 11.6. The van der Waals surface area contributed by atoms with Gasteiger partial charge in [0.15, 0.2) is 0 Å². The van der Waals surface area contributed by atoms with Gasteiger partial charge in [-0.25, -0.2) is 4.79 Å². The van der Waals surface area contributed by atoms with Gasteiger partial charge in [-0.3, -0.25) is 0 Å². The van der Waals surface area contributed by atoms with Crippen LogP contribution in [0.4, 0.5) is 0 Å². The third kappa shape index (κ3) is 4.48. The molecule has 0 aliphatic rings. The Kier molecular flexibility index (Phi) is 7.85. The average Bonchev–Trinajstić information content (AvgIpc) is 2.72. The van der Waals surface area contributed by atoms with E-state index in [-0.39, 0.29) is 18.4 Å². The highest BCUT2D eigenvalue weighted by atomic mass is 35.5. The highest BCUT2D eigenvalue weighted by Gasteiger charge is 2.21. The smallest absolute Gasteiger partial charge is 0.339 e. The zero-order valence-electron chi connectivity index (χ0n) is 17.1. The van der Waals surface area contributed by atoms with Crippen molar-refractivity contribution in [2.75, 3.05) is 32.8 Å². The number of carbonyl (C=O) groups excluding carboxylic acids is 1. The molecule has 0 saturated heterocycles. The lowest BCUT2D eigenvalue weighted by atomic mass is 9.97. The fraction of sp³-hybridized carbons (Fsp3) is 0.375. The molecule has 3 aromatic rings. The molecule has 0 atom stereocenters. The van der Waals surface area contributed by atoms with Crippen molar-refractivity contribution in [2.45, 2.75) is 27.2 Å². The standard InChI is InChI=1S/C24H30NO2.ClH/c1-4-25(5-2,6-3)16-11-17-27-24(26)23-21-14-9-7-12-19(21)18-20-13-8-10-15-22(20)23;/h7-10,12-15,18H,4-6,11,16-17H2,1-3H3;1H/q+1;/p-1. The number of halogens is 1. The topological polar surface area (TPSA) is 26.3 Å². The molecule has 0 spiro atoms. The molecule has 0 N–H and O–H groups in total. The Bertz CT molecular complexity index is 872. The molecule has 0 saturated carbocycles. The molecule has 0 fully saturated rings. The van der Waals surface area contributed by atoms with Crippen LogP contribution in [-0.2, 0) is 4.74 Å². The molecule has 0 aliphatic carbocycles. The van der Waals surface area contributed by atoms with Gasteiger partial charge in [0, 0.05) is 6.42 Å². The van der Waals surface area contributed by atoms with Crippen LogP contribution < -0.4 is 12.4 Å². The van der Waals surface area contributed by atoms with E-state index in [0.29, 0.717) is 12.2 Å². The molecule has 0 unspecified atom stereocenters. The molecule has 3 nitrogen and oxygen atoms in total. The van der Waals surface area contributed by atoms with E-state index in [1.54, 1.807) is 0 Å². The zero-order valence-corrected chi connectivity index (χ0v) is 17.8. The predicted molar refractivity (Wildman–Crippen MR) is 113 cm³/mol. The Morgan fingerprint density at radius 2 is 1.36 bits per heavy atom. The fourth-order valence-electron chi connectivity index (χ4n) is 4.02. The molecule has 0 heterocycles. The van der Waals surface area contributed by atoms with Crippen molar-refractivity contribution < 1.29 is 26.4 Å². The maximum Gasteiger partial charge on any atom is 0.339 e. The summed E-state index contributed by atoms with van der Waals surface area (Å²) in [6, 6.07) is 18.2. The number of benzene rings is 3. The molecule has 0 aliphatic heterocycles. The highest BCUT2D eigenvalue weighted by molar-refractivity contribution is 6.16. The second kappa shape index (κ2) is 9.90. The van der Waals surface area contributed by atoms with Crippen LogP contribution in [0.1, 0.15) is 37.6 Å². The summed E-state index contributed by atoms with van der Waals surface area (Å²) in [6.07, 6.45) is 0.893. The van der Waals surface area contributed by atoms with Crippen LogP contribution in [0, 0.1) is 0 Å². The van der Waals surface area contributed by atoms with Crippen LogP contribution >= 0.6 is 0 Å². The Balaban J connectivity index is 0.00000280. The Labute approximate surface area is 174 Å². The van der Waals surface area contributed by atoms with Crippen LogP contribution in [0.25, 0.3) is 21.5 Å². The second-order valence-corrected chi connectivity index (χ2v) is 7.20. The van der Waals surface area contributed by atoms with E-state index >= 15 is 0 Å². The summed E-state index contributed by atoms with van der Waals surface area (Å²) in [7, 11) is 0. The van der Waals surface area contributed by atoms with Crippen molar-refractivity contribution >= 4 is 27.5 Å². The summed E-state index contributed by atoms with van der Waals surface area (Å²) in [5, 5.41) is 4.06. The minimum absolute atomic E-state index is 0. The van der Waals surface area contributed by atoms with Gasteiger partial charge in [-0.1, -0.05) is 48.5 Å². The van der Waals surface area contributed by atoms with Crippen LogP contribution in [0.2, 0.25) is 0 Å². The van der Waals surface area contributed by atoms with Crippen LogP contribution in [0.5, 0.6) is 0 Å². The lowest BCUT2D eigenvalue weighted by Crippen LogP contribution is -3.00. The molecule has 0 aromatic heterocycles. The van der Waals surface area contributed by atoms with E-state index in [1.165, 1.54) is 0 Å². The minimum Gasteiger partial charge on any atom is -1.00 e. The number of hydrogen-bond donors (Lipinski definition) is 0. The van der Waals surface area contributed by atoms with Crippen molar-refractivity contribution in [3.8, 4) is 0 Å². The third-order valence-electron chi connectivity index (χ3n) is 6.00. The van der Waals surface area contributed by atoms with Crippen molar-refractivity contribution in [1.29, 1.82) is 0 Å². The van der Waals surface area contributed by atoms with Gasteiger partial charge in [-0.15, -0.1) is 0 Å². The highest BCUT2D eigenvalue weighted by Crippen LogP contribution is 2.29. The third-order valence-corrected chi connectivity index (χ3v) is 6.00. The largest absolute Gasteiger partial charge is 1.00 e. The number of ether oxygens (including phenoxy) is 1. The normalized spacial score (nSPS) is 11.4. The van der Waals surface area contributed by atoms with Gasteiger partial charge in [-0.05, 0) is 48.4 Å². The van der Waals surface area contributed by atoms with Crippen LogP contribution in [0.3, 0.4) is 0 Å². The van der Waals surface area contributed by atoms with Gasteiger partial charge in [0.05, 0.1) is 38.3 Å². The maximum atomic E-state index is 13.0. The van der Waals surface area contributed by atoms with Gasteiger partial charge >= 0.3 is 5.97 Å². The van der Waals surface area contributed by atoms with Crippen molar-refractivity contribution in [3.05, 3.63) is 60.2 Å². The average molecular weight is 400 g/mol. The lowest BCUT2D eigenvalue weighted by Gasteiger charge is -2.35. The first-order valence-electron chi connectivity index (χ1n) is 10.1. The molecule has 4 heteroatoms. The summed E-state index contributed by atoms with van der Waals surface area (Å²) in [5.74, 6) is -0.217. The number of hydrogen-bond acceptors (Lipinski definition) is 2. The SMILES string of the molecule is CC[N+](CC)(CC)CCCOC(=O)c1c2ccccc2cc2ccccc12.[Cl-]. The molecule has 0 radical (unpaired) electrons. The van der Waals surface area contributed by atoms with Crippen molar-refractivity contribution in [2.24, 2.45) is 0 Å². The number of esters is 1. The fourth-order valence-corrected chi connectivity index (χ4v) is 4.02. The molecule has 0 bridgehead atoms.